The van der Waals surface area contributed by atoms with Gasteiger partial charge in [0.15, 0.2) is 0 Å². The molecule has 56 heavy (non-hydrogen) atoms. The third kappa shape index (κ3) is 5.42. The Morgan fingerprint density at radius 3 is 1.57 bits per heavy atom. The summed E-state index contributed by atoms with van der Waals surface area (Å²) in [7, 11) is 0. The van der Waals surface area contributed by atoms with Gasteiger partial charge in [-0.05, 0) is 0 Å². The monoisotopic (exact) mass is 781 g/mol. The molecule has 0 aliphatic carbocycles. The van der Waals surface area contributed by atoms with Crippen LogP contribution in [0.15, 0.2) is 212 Å². The van der Waals surface area contributed by atoms with Gasteiger partial charge in [0.05, 0.1) is 0 Å². The van der Waals surface area contributed by atoms with Crippen molar-refractivity contribution < 1.29 is 0 Å². The summed E-state index contributed by atoms with van der Waals surface area (Å²) in [5.41, 5.74) is 10.2. The molecule has 9 aromatic carbocycles. The number of aromatic nitrogens is 1. The Kier molecular flexibility index (Phi) is 7.84. The number of fused-ring (bicyclic) bond motifs is 8. The van der Waals surface area contributed by atoms with Gasteiger partial charge in [0.2, 0.25) is 0 Å². The zero-order valence-corrected chi connectivity index (χ0v) is 32.2. The summed E-state index contributed by atoms with van der Waals surface area (Å²) in [4.78, 5) is 4.78. The van der Waals surface area contributed by atoms with E-state index < -0.39 is 0 Å². The van der Waals surface area contributed by atoms with E-state index in [2.05, 4.69) is 227 Å². The molecular formula is C52H35N3Se. The van der Waals surface area contributed by atoms with Gasteiger partial charge in [0.1, 0.15) is 0 Å². The number of rotatable bonds is 7. The van der Waals surface area contributed by atoms with Gasteiger partial charge in [-0.15, -0.1) is 0 Å². The molecule has 2 aromatic heterocycles. The quantitative estimate of drug-likeness (QED) is 0.149. The van der Waals surface area contributed by atoms with Gasteiger partial charge in [-0.2, -0.15) is 0 Å². The zero-order valence-electron chi connectivity index (χ0n) is 30.5. The minimum absolute atomic E-state index is 0.177. The van der Waals surface area contributed by atoms with Gasteiger partial charge in [-0.3, -0.25) is 0 Å². The molecule has 11 aromatic rings. The van der Waals surface area contributed by atoms with Crippen LogP contribution in [0.2, 0.25) is 0 Å². The first-order chi connectivity index (χ1) is 27.8. The van der Waals surface area contributed by atoms with Gasteiger partial charge in [0.25, 0.3) is 0 Å². The van der Waals surface area contributed by atoms with Crippen LogP contribution >= 0.6 is 0 Å². The first-order valence-corrected chi connectivity index (χ1v) is 20.7. The summed E-state index contributed by atoms with van der Waals surface area (Å²) in [5, 5.41) is 7.88. The van der Waals surface area contributed by atoms with Gasteiger partial charge < -0.3 is 0 Å². The predicted octanol–water partition coefficient (Wildman–Crippen LogP) is 14.2. The topological polar surface area (TPSA) is 11.4 Å². The van der Waals surface area contributed by atoms with E-state index in [0.29, 0.717) is 0 Å². The standard InChI is InChI=1S/C52H35N3Se/c1-4-16-37(17-5-1)53(38-18-6-2-7-19-38)40-22-14-23-41(33-40)54(43-29-32-47-48-30-27-36-15-10-11-24-44(36)52(48)56-51(47)35-43)42-28-31-46-45-25-12-13-26-49(45)55(50(46)34-42)39-20-8-3-9-21-39/h1-35H. The van der Waals surface area contributed by atoms with Crippen molar-refractivity contribution in [2.24, 2.45) is 0 Å². The molecule has 3 nitrogen and oxygen atoms in total. The third-order valence-corrected chi connectivity index (χ3v) is 13.4. The fraction of sp³-hybridized carbons (Fsp3) is 0. The zero-order chi connectivity index (χ0) is 37.0. The van der Waals surface area contributed by atoms with Crippen LogP contribution in [0.3, 0.4) is 0 Å². The van der Waals surface area contributed by atoms with Crippen molar-refractivity contribution in [2.45, 2.75) is 0 Å². The molecule has 0 atom stereocenters. The van der Waals surface area contributed by atoms with E-state index >= 15 is 0 Å². The number of benzene rings is 9. The summed E-state index contributed by atoms with van der Waals surface area (Å²) < 4.78 is 5.30. The van der Waals surface area contributed by atoms with E-state index in [0.717, 1.165) is 39.8 Å². The van der Waals surface area contributed by atoms with E-state index in [4.69, 9.17) is 0 Å². The average Bonchev–Trinajstić information content (AvgIpc) is 3.81. The Labute approximate surface area is 331 Å². The van der Waals surface area contributed by atoms with E-state index in [1.165, 1.54) is 51.9 Å². The molecule has 2 heterocycles. The summed E-state index contributed by atoms with van der Waals surface area (Å²) in [5.74, 6) is 0. The molecule has 11 rings (SSSR count). The fourth-order valence-corrected chi connectivity index (χ4v) is 11.1. The fourth-order valence-electron chi connectivity index (χ4n) is 8.41. The second kappa shape index (κ2) is 13.5. The molecule has 0 bridgehead atoms. The maximum absolute atomic E-state index is 2.45. The number of nitrogens with zero attached hydrogens (tertiary/aromatic N) is 3. The SMILES string of the molecule is c1ccc(N(c2ccccc2)c2cccc(N(c3ccc4c(c3)[se]c3c5ccccc5ccc43)c3ccc4c5ccccc5n(-c5ccccc5)c4c3)c2)cc1. The summed E-state index contributed by atoms with van der Waals surface area (Å²) in [6, 6.07) is 77.3. The minimum atomic E-state index is 0.177. The van der Waals surface area contributed by atoms with Crippen molar-refractivity contribution in [3.63, 3.8) is 0 Å². The number of para-hydroxylation sites is 4. The molecule has 0 aliphatic heterocycles. The Balaban J connectivity index is 1.15. The maximum atomic E-state index is 2.45. The summed E-state index contributed by atoms with van der Waals surface area (Å²) in [6.45, 7) is 0. The van der Waals surface area contributed by atoms with Crippen molar-refractivity contribution in [1.29, 1.82) is 0 Å². The van der Waals surface area contributed by atoms with Crippen LogP contribution < -0.4 is 9.80 Å². The van der Waals surface area contributed by atoms with Crippen LogP contribution in [0.4, 0.5) is 34.1 Å². The van der Waals surface area contributed by atoms with Gasteiger partial charge in [-0.25, -0.2) is 0 Å². The Morgan fingerprint density at radius 1 is 0.321 bits per heavy atom. The molecule has 0 fully saturated rings. The van der Waals surface area contributed by atoms with E-state index in [9.17, 15) is 0 Å². The van der Waals surface area contributed by atoms with Gasteiger partial charge >= 0.3 is 333 Å². The van der Waals surface area contributed by atoms with Crippen molar-refractivity contribution in [2.75, 3.05) is 9.80 Å². The summed E-state index contributed by atoms with van der Waals surface area (Å²) in [6.07, 6.45) is 0. The van der Waals surface area contributed by atoms with Crippen molar-refractivity contribution in [3.05, 3.63) is 212 Å². The summed E-state index contributed by atoms with van der Waals surface area (Å²) >= 11 is 0.177. The molecular weight excluding hydrogens is 746 g/mol. The predicted molar refractivity (Wildman–Crippen MR) is 240 cm³/mol. The Bertz CT molecular complexity index is 3160. The third-order valence-electron chi connectivity index (χ3n) is 10.9. The molecule has 264 valence electrons. The normalized spacial score (nSPS) is 11.6. The molecule has 0 radical (unpaired) electrons. The molecule has 4 heteroatoms. The average molecular weight is 781 g/mol. The first kappa shape index (κ1) is 32.6. The second-order valence-corrected chi connectivity index (χ2v) is 16.4. The first-order valence-electron chi connectivity index (χ1n) is 19.0. The molecule has 0 saturated heterocycles. The molecule has 0 aliphatic rings. The number of anilines is 6. The van der Waals surface area contributed by atoms with Crippen LogP contribution in [0.5, 0.6) is 0 Å². The second-order valence-electron chi connectivity index (χ2n) is 14.2. The van der Waals surface area contributed by atoms with Crippen molar-refractivity contribution in [3.8, 4) is 5.69 Å². The van der Waals surface area contributed by atoms with Crippen LogP contribution in [-0.2, 0) is 0 Å². The van der Waals surface area contributed by atoms with Crippen LogP contribution in [-0.4, -0.2) is 19.1 Å². The van der Waals surface area contributed by atoms with E-state index in [1.54, 1.807) is 0 Å². The molecule has 0 N–H and O–H groups in total. The number of hydrogen-bond acceptors (Lipinski definition) is 2. The van der Waals surface area contributed by atoms with Gasteiger partial charge in [-0.1, -0.05) is 0 Å². The Hall–Kier alpha value is -6.84. The molecule has 0 spiro atoms. The van der Waals surface area contributed by atoms with Crippen molar-refractivity contribution >= 4 is 100 Å². The van der Waals surface area contributed by atoms with E-state index in [-0.39, 0.29) is 14.5 Å². The van der Waals surface area contributed by atoms with Crippen LogP contribution in [0, 0.1) is 0 Å². The molecule has 0 amide bonds. The number of hydrogen-bond donors (Lipinski definition) is 0. The van der Waals surface area contributed by atoms with Crippen LogP contribution in [0.25, 0.3) is 57.6 Å². The molecule has 0 unspecified atom stereocenters. The van der Waals surface area contributed by atoms with Crippen molar-refractivity contribution in [1.82, 2.24) is 4.57 Å². The van der Waals surface area contributed by atoms with Crippen LogP contribution in [0.1, 0.15) is 0 Å². The Morgan fingerprint density at radius 2 is 0.839 bits per heavy atom. The van der Waals surface area contributed by atoms with E-state index in [1.807, 2.05) is 0 Å². The molecule has 0 saturated carbocycles. The van der Waals surface area contributed by atoms with Gasteiger partial charge in [0, 0.05) is 0 Å².